The molecule has 2 aromatic carbocycles. The smallest absolute Gasteiger partial charge is 0.260 e. The number of primary amides is 1. The largest absolute Gasteiger partial charge is 0.494 e. The van der Waals surface area contributed by atoms with Gasteiger partial charge in [0.25, 0.3) is 5.91 Å². The van der Waals surface area contributed by atoms with Gasteiger partial charge in [0.05, 0.1) is 6.61 Å². The van der Waals surface area contributed by atoms with Gasteiger partial charge in [-0.2, -0.15) is 0 Å². The van der Waals surface area contributed by atoms with Crippen LogP contribution in [0, 0.1) is 5.82 Å². The Morgan fingerprint density at radius 2 is 1.58 bits per heavy atom. The fraction of sp³-hybridized carbons (Fsp3) is 0.263. The topological polar surface area (TPSA) is 81.9 Å². The maximum atomic E-state index is 12.8. The minimum absolute atomic E-state index is 0.106. The van der Waals surface area contributed by atoms with Gasteiger partial charge in [-0.1, -0.05) is 0 Å². The summed E-state index contributed by atoms with van der Waals surface area (Å²) < 4.78 is 23.7. The van der Waals surface area contributed by atoms with E-state index in [4.69, 9.17) is 15.2 Å². The predicted molar refractivity (Wildman–Crippen MR) is 94.6 cm³/mol. The van der Waals surface area contributed by atoms with Crippen LogP contribution in [0.15, 0.2) is 48.5 Å². The number of carbonyl (C=O) groups is 2. The van der Waals surface area contributed by atoms with Crippen LogP contribution in [0.25, 0.3) is 0 Å². The molecule has 0 radical (unpaired) electrons. The molecule has 0 fully saturated rings. The third-order valence-corrected chi connectivity index (χ3v) is 3.65. The number of hydrogen-bond donors (Lipinski definition) is 1. The van der Waals surface area contributed by atoms with E-state index in [-0.39, 0.29) is 18.3 Å². The highest BCUT2D eigenvalue weighted by Gasteiger charge is 2.10. The van der Waals surface area contributed by atoms with E-state index in [9.17, 15) is 14.0 Å². The monoisotopic (exact) mass is 360 g/mol. The average molecular weight is 360 g/mol. The molecule has 0 saturated carbocycles. The molecule has 0 spiro atoms. The summed E-state index contributed by atoms with van der Waals surface area (Å²) in [5, 5.41) is 0. The maximum absolute atomic E-state index is 12.8. The molecular formula is C19H21FN2O4. The highest BCUT2D eigenvalue weighted by atomic mass is 19.1. The van der Waals surface area contributed by atoms with E-state index in [1.807, 2.05) is 0 Å². The van der Waals surface area contributed by atoms with Crippen molar-refractivity contribution in [2.24, 2.45) is 5.73 Å². The Bertz CT molecular complexity index is 732. The quantitative estimate of drug-likeness (QED) is 0.695. The number of hydrogen-bond acceptors (Lipinski definition) is 4. The lowest BCUT2D eigenvalue weighted by Crippen LogP contribution is -2.32. The van der Waals surface area contributed by atoms with E-state index in [0.717, 1.165) is 0 Å². The second kappa shape index (κ2) is 9.41. The van der Waals surface area contributed by atoms with Crippen molar-refractivity contribution in [2.45, 2.75) is 6.42 Å². The predicted octanol–water partition coefficient (Wildman–Crippen LogP) is 2.23. The lowest BCUT2D eigenvalue weighted by Gasteiger charge is -2.17. The first-order chi connectivity index (χ1) is 12.5. The molecule has 2 rings (SSSR count). The van der Waals surface area contributed by atoms with Gasteiger partial charge in [0, 0.05) is 19.2 Å². The van der Waals surface area contributed by atoms with Crippen LogP contribution in [0.2, 0.25) is 0 Å². The summed E-state index contributed by atoms with van der Waals surface area (Å²) >= 11 is 0. The van der Waals surface area contributed by atoms with Gasteiger partial charge in [-0.15, -0.1) is 0 Å². The first kappa shape index (κ1) is 19.2. The lowest BCUT2D eigenvalue weighted by atomic mass is 10.2. The normalized spacial score (nSPS) is 10.2. The Kier molecular flexibility index (Phi) is 6.96. The third-order valence-electron chi connectivity index (χ3n) is 3.65. The fourth-order valence-corrected chi connectivity index (χ4v) is 2.12. The molecule has 0 aliphatic rings. The number of nitrogens with zero attached hydrogens (tertiary/aromatic N) is 1. The molecule has 26 heavy (non-hydrogen) atoms. The van der Waals surface area contributed by atoms with Gasteiger partial charge in [-0.3, -0.25) is 9.59 Å². The average Bonchev–Trinajstić information content (AvgIpc) is 2.64. The zero-order chi connectivity index (χ0) is 18.9. The third kappa shape index (κ3) is 6.08. The van der Waals surface area contributed by atoms with E-state index in [1.54, 1.807) is 48.3 Å². The molecule has 0 bridgehead atoms. The van der Waals surface area contributed by atoms with Gasteiger partial charge in [-0.05, 0) is 55.0 Å². The molecule has 0 atom stereocenters. The molecule has 0 saturated heterocycles. The number of benzene rings is 2. The van der Waals surface area contributed by atoms with Gasteiger partial charge in [0.1, 0.15) is 17.3 Å². The first-order valence-corrected chi connectivity index (χ1v) is 8.10. The van der Waals surface area contributed by atoms with Crippen LogP contribution in [0.4, 0.5) is 4.39 Å². The van der Waals surface area contributed by atoms with Crippen LogP contribution in [-0.2, 0) is 4.79 Å². The van der Waals surface area contributed by atoms with Crippen molar-refractivity contribution in [3.8, 4) is 11.5 Å². The Labute approximate surface area is 151 Å². The van der Waals surface area contributed by atoms with E-state index in [0.29, 0.717) is 36.6 Å². The van der Waals surface area contributed by atoms with Crippen molar-refractivity contribution in [1.82, 2.24) is 4.90 Å². The number of amides is 2. The Morgan fingerprint density at radius 3 is 2.19 bits per heavy atom. The molecular weight excluding hydrogens is 339 g/mol. The van der Waals surface area contributed by atoms with Crippen molar-refractivity contribution in [3.63, 3.8) is 0 Å². The van der Waals surface area contributed by atoms with Crippen molar-refractivity contribution < 1.29 is 23.5 Å². The summed E-state index contributed by atoms with van der Waals surface area (Å²) in [5.41, 5.74) is 5.54. The first-order valence-electron chi connectivity index (χ1n) is 8.10. The SMILES string of the molecule is CN(CCCOc1ccc(F)cc1)C(=O)COc1ccc(C(N)=O)cc1. The molecule has 2 aromatic rings. The van der Waals surface area contributed by atoms with Crippen molar-refractivity contribution >= 4 is 11.8 Å². The number of rotatable bonds is 9. The summed E-state index contributed by atoms with van der Waals surface area (Å²) in [5.74, 6) is 0.0624. The Morgan fingerprint density at radius 1 is 1.00 bits per heavy atom. The number of nitrogens with two attached hydrogens (primary N) is 1. The minimum Gasteiger partial charge on any atom is -0.494 e. The van der Waals surface area contributed by atoms with Gasteiger partial charge in [0.15, 0.2) is 6.61 Å². The zero-order valence-electron chi connectivity index (χ0n) is 14.5. The van der Waals surface area contributed by atoms with E-state index < -0.39 is 5.91 Å². The number of likely N-dealkylation sites (N-methyl/N-ethyl adjacent to an activating group) is 1. The van der Waals surface area contributed by atoms with Crippen LogP contribution >= 0.6 is 0 Å². The summed E-state index contributed by atoms with van der Waals surface area (Å²) in [6.45, 7) is 0.813. The summed E-state index contributed by atoms with van der Waals surface area (Å²) in [4.78, 5) is 24.6. The molecule has 0 aliphatic heterocycles. The molecule has 138 valence electrons. The Hall–Kier alpha value is -3.09. The van der Waals surface area contributed by atoms with Gasteiger partial charge in [-0.25, -0.2) is 4.39 Å². The minimum atomic E-state index is -0.518. The van der Waals surface area contributed by atoms with Gasteiger partial charge >= 0.3 is 0 Å². The Balaban J connectivity index is 1.66. The number of halogens is 1. The highest BCUT2D eigenvalue weighted by Crippen LogP contribution is 2.12. The molecule has 0 aromatic heterocycles. The van der Waals surface area contributed by atoms with Crippen LogP contribution in [-0.4, -0.2) is 43.5 Å². The molecule has 0 aliphatic carbocycles. The maximum Gasteiger partial charge on any atom is 0.260 e. The summed E-state index contributed by atoms with van der Waals surface area (Å²) in [7, 11) is 1.68. The van der Waals surface area contributed by atoms with Crippen LogP contribution < -0.4 is 15.2 Å². The number of carbonyl (C=O) groups excluding carboxylic acids is 2. The van der Waals surface area contributed by atoms with Crippen molar-refractivity contribution in [1.29, 1.82) is 0 Å². The van der Waals surface area contributed by atoms with E-state index in [1.165, 1.54) is 12.1 Å². The molecule has 2 N–H and O–H groups in total. The summed E-state index contributed by atoms with van der Waals surface area (Å²) in [6.07, 6.45) is 0.632. The second-order valence-corrected chi connectivity index (χ2v) is 5.65. The highest BCUT2D eigenvalue weighted by molar-refractivity contribution is 5.92. The summed E-state index contributed by atoms with van der Waals surface area (Å²) in [6, 6.07) is 12.0. The van der Waals surface area contributed by atoms with Crippen molar-refractivity contribution in [2.75, 3.05) is 26.8 Å². The van der Waals surface area contributed by atoms with Crippen LogP contribution in [0.3, 0.4) is 0 Å². The van der Waals surface area contributed by atoms with Gasteiger partial charge < -0.3 is 20.1 Å². The van der Waals surface area contributed by atoms with Crippen molar-refractivity contribution in [3.05, 3.63) is 59.9 Å². The molecule has 0 unspecified atom stereocenters. The van der Waals surface area contributed by atoms with Crippen LogP contribution in [0.1, 0.15) is 16.8 Å². The lowest BCUT2D eigenvalue weighted by molar-refractivity contribution is -0.132. The standard InChI is InChI=1S/C19H21FN2O4/c1-22(11-2-12-25-16-9-5-15(20)6-10-16)18(23)13-26-17-7-3-14(4-8-17)19(21)24/h3-10H,2,11-13H2,1H3,(H2,21,24). The molecule has 2 amide bonds. The van der Waals surface area contributed by atoms with E-state index in [2.05, 4.69) is 0 Å². The second-order valence-electron chi connectivity index (χ2n) is 5.65. The molecule has 0 heterocycles. The van der Waals surface area contributed by atoms with E-state index >= 15 is 0 Å². The molecule has 7 heteroatoms. The van der Waals surface area contributed by atoms with Crippen LogP contribution in [0.5, 0.6) is 11.5 Å². The van der Waals surface area contributed by atoms with Gasteiger partial charge in [0.2, 0.25) is 5.91 Å². The molecule has 6 nitrogen and oxygen atoms in total. The zero-order valence-corrected chi connectivity index (χ0v) is 14.5. The number of ether oxygens (including phenoxy) is 2. The fourth-order valence-electron chi connectivity index (χ4n) is 2.12.